The van der Waals surface area contributed by atoms with Crippen molar-refractivity contribution in [1.82, 2.24) is 0 Å². The highest BCUT2D eigenvalue weighted by Crippen LogP contribution is 2.26. The Morgan fingerprint density at radius 1 is 0.667 bits per heavy atom. The molecule has 112 valence electrons. The van der Waals surface area contributed by atoms with Crippen LogP contribution in [0.1, 0.15) is 47.2 Å². The molecule has 0 amide bonds. The highest BCUT2D eigenvalue weighted by atomic mass is 14.6. The molecule has 0 unspecified atom stereocenters. The average Bonchev–Trinajstić information content (AvgIpc) is 2.46. The van der Waals surface area contributed by atoms with E-state index in [1.165, 1.54) is 22.3 Å². The van der Waals surface area contributed by atoms with Gasteiger partial charge in [0, 0.05) is 11.4 Å². The number of benzene rings is 2. The normalized spacial score (nSPS) is 10.9. The largest absolute Gasteiger partial charge is 0.399 e. The fourth-order valence-corrected chi connectivity index (χ4v) is 2.86. The first kappa shape index (κ1) is 15.4. The van der Waals surface area contributed by atoms with Gasteiger partial charge in [0.25, 0.3) is 0 Å². The van der Waals surface area contributed by atoms with Crippen molar-refractivity contribution in [3.63, 3.8) is 0 Å². The van der Waals surface area contributed by atoms with E-state index in [1.807, 2.05) is 0 Å². The molecule has 2 aromatic carbocycles. The van der Waals surface area contributed by atoms with Crippen LogP contribution in [0.5, 0.6) is 0 Å². The lowest BCUT2D eigenvalue weighted by atomic mass is 9.91. The molecule has 2 rings (SSSR count). The van der Waals surface area contributed by atoms with E-state index in [2.05, 4.69) is 52.0 Å². The summed E-state index contributed by atoms with van der Waals surface area (Å²) >= 11 is 0. The van der Waals surface area contributed by atoms with Gasteiger partial charge in [-0.1, -0.05) is 26.0 Å². The van der Waals surface area contributed by atoms with Gasteiger partial charge in [0.05, 0.1) is 0 Å². The molecule has 0 aliphatic rings. The summed E-state index contributed by atoms with van der Waals surface area (Å²) in [6.07, 6.45) is 2.97. The van der Waals surface area contributed by atoms with Gasteiger partial charge >= 0.3 is 0 Å². The number of rotatable bonds is 4. The molecule has 0 spiro atoms. The first-order valence-corrected chi connectivity index (χ1v) is 7.72. The van der Waals surface area contributed by atoms with Crippen molar-refractivity contribution in [3.05, 3.63) is 57.6 Å². The lowest BCUT2D eigenvalue weighted by molar-refractivity contribution is 1.02. The summed E-state index contributed by atoms with van der Waals surface area (Å²) in [5.41, 5.74) is 21.6. The van der Waals surface area contributed by atoms with Gasteiger partial charge in [-0.2, -0.15) is 0 Å². The van der Waals surface area contributed by atoms with Crippen LogP contribution in [0.4, 0.5) is 11.4 Å². The summed E-state index contributed by atoms with van der Waals surface area (Å²) in [7, 11) is 0. The third-order valence-electron chi connectivity index (χ3n) is 4.32. The van der Waals surface area contributed by atoms with Crippen LogP contribution in [0.25, 0.3) is 0 Å². The Morgan fingerprint density at radius 2 is 1.05 bits per heavy atom. The molecule has 0 atom stereocenters. The first-order valence-electron chi connectivity index (χ1n) is 7.72. The maximum absolute atomic E-state index is 6.04. The van der Waals surface area contributed by atoms with Gasteiger partial charge in [0.2, 0.25) is 0 Å². The van der Waals surface area contributed by atoms with E-state index in [4.69, 9.17) is 11.5 Å². The first-order chi connectivity index (χ1) is 9.96. The van der Waals surface area contributed by atoms with Crippen LogP contribution >= 0.6 is 0 Å². The molecule has 0 aromatic heterocycles. The van der Waals surface area contributed by atoms with E-state index in [-0.39, 0.29) is 0 Å². The Bertz CT molecular complexity index is 600. The van der Waals surface area contributed by atoms with Crippen molar-refractivity contribution in [3.8, 4) is 0 Å². The standard InChI is InChI=1S/C19H26N2/c1-5-14-10-18(20)12(3)7-16(14)9-17-8-13(4)19(21)11-15(17)6-2/h7-8,10-11H,5-6,9,20-21H2,1-4H3. The van der Waals surface area contributed by atoms with E-state index in [1.54, 1.807) is 0 Å². The summed E-state index contributed by atoms with van der Waals surface area (Å²) < 4.78 is 0. The molecule has 0 fully saturated rings. The summed E-state index contributed by atoms with van der Waals surface area (Å²) in [6.45, 7) is 8.52. The predicted octanol–water partition coefficient (Wildman–Crippen LogP) is 4.18. The fraction of sp³-hybridized carbons (Fsp3) is 0.368. The van der Waals surface area contributed by atoms with Crippen molar-refractivity contribution in [2.75, 3.05) is 11.5 Å². The Hall–Kier alpha value is -1.96. The van der Waals surface area contributed by atoms with Crippen molar-refractivity contribution >= 4 is 11.4 Å². The Labute approximate surface area is 128 Å². The summed E-state index contributed by atoms with van der Waals surface area (Å²) in [6, 6.07) is 8.72. The molecule has 0 saturated heterocycles. The summed E-state index contributed by atoms with van der Waals surface area (Å²) in [5, 5.41) is 0. The SMILES string of the molecule is CCc1cc(N)c(C)cc1Cc1cc(C)c(N)cc1CC. The van der Waals surface area contributed by atoms with Crippen molar-refractivity contribution in [1.29, 1.82) is 0 Å². The Kier molecular flexibility index (Phi) is 4.56. The molecule has 21 heavy (non-hydrogen) atoms. The van der Waals surface area contributed by atoms with Crippen LogP contribution in [0.3, 0.4) is 0 Å². The van der Waals surface area contributed by atoms with Crippen molar-refractivity contribution in [2.24, 2.45) is 0 Å². The minimum Gasteiger partial charge on any atom is -0.399 e. The van der Waals surface area contributed by atoms with Crippen LogP contribution in [-0.4, -0.2) is 0 Å². The highest BCUT2D eigenvalue weighted by molar-refractivity contribution is 5.55. The number of hydrogen-bond donors (Lipinski definition) is 2. The van der Waals surface area contributed by atoms with Crippen LogP contribution in [0.15, 0.2) is 24.3 Å². The van der Waals surface area contributed by atoms with E-state index in [0.29, 0.717) is 0 Å². The summed E-state index contributed by atoms with van der Waals surface area (Å²) in [4.78, 5) is 0. The van der Waals surface area contributed by atoms with E-state index in [0.717, 1.165) is 41.8 Å². The van der Waals surface area contributed by atoms with Gasteiger partial charge in [-0.3, -0.25) is 0 Å². The topological polar surface area (TPSA) is 52.0 Å². The number of hydrogen-bond acceptors (Lipinski definition) is 2. The summed E-state index contributed by atoms with van der Waals surface area (Å²) in [5.74, 6) is 0. The highest BCUT2D eigenvalue weighted by Gasteiger charge is 2.10. The smallest absolute Gasteiger partial charge is 0.0346 e. The van der Waals surface area contributed by atoms with Gasteiger partial charge in [0.1, 0.15) is 0 Å². The second kappa shape index (κ2) is 6.21. The molecule has 4 N–H and O–H groups in total. The quantitative estimate of drug-likeness (QED) is 0.826. The van der Waals surface area contributed by atoms with Crippen LogP contribution in [0, 0.1) is 13.8 Å². The maximum atomic E-state index is 6.04. The van der Waals surface area contributed by atoms with E-state index < -0.39 is 0 Å². The molecule has 0 radical (unpaired) electrons. The minimum atomic E-state index is 0.889. The van der Waals surface area contributed by atoms with Crippen molar-refractivity contribution in [2.45, 2.75) is 47.0 Å². The zero-order chi connectivity index (χ0) is 15.6. The molecular formula is C19H26N2. The second-order valence-electron chi connectivity index (χ2n) is 5.84. The Morgan fingerprint density at radius 3 is 1.38 bits per heavy atom. The van der Waals surface area contributed by atoms with Gasteiger partial charge in [0.15, 0.2) is 0 Å². The van der Waals surface area contributed by atoms with Crippen LogP contribution in [0.2, 0.25) is 0 Å². The fourth-order valence-electron chi connectivity index (χ4n) is 2.86. The minimum absolute atomic E-state index is 0.889. The molecule has 0 saturated carbocycles. The molecular weight excluding hydrogens is 256 g/mol. The van der Waals surface area contributed by atoms with Gasteiger partial charge in [-0.05, 0) is 78.6 Å². The van der Waals surface area contributed by atoms with Gasteiger partial charge in [-0.15, -0.1) is 0 Å². The lowest BCUT2D eigenvalue weighted by Crippen LogP contribution is -2.03. The third-order valence-corrected chi connectivity index (χ3v) is 4.32. The number of nitrogens with two attached hydrogens (primary N) is 2. The number of aryl methyl sites for hydroxylation is 4. The third kappa shape index (κ3) is 3.21. The molecule has 0 aliphatic carbocycles. The molecule has 2 heteroatoms. The zero-order valence-corrected chi connectivity index (χ0v) is 13.6. The molecule has 0 heterocycles. The van der Waals surface area contributed by atoms with E-state index in [9.17, 15) is 0 Å². The Balaban J connectivity index is 2.47. The molecule has 2 aromatic rings. The lowest BCUT2D eigenvalue weighted by Gasteiger charge is -2.15. The van der Waals surface area contributed by atoms with Gasteiger partial charge in [-0.25, -0.2) is 0 Å². The zero-order valence-electron chi connectivity index (χ0n) is 13.6. The maximum Gasteiger partial charge on any atom is 0.0346 e. The van der Waals surface area contributed by atoms with Crippen molar-refractivity contribution < 1.29 is 0 Å². The predicted molar refractivity (Wildman–Crippen MR) is 92.7 cm³/mol. The molecule has 0 aliphatic heterocycles. The number of nitrogen functional groups attached to an aromatic ring is 2. The number of anilines is 2. The van der Waals surface area contributed by atoms with Crippen LogP contribution < -0.4 is 11.5 Å². The van der Waals surface area contributed by atoms with Gasteiger partial charge < -0.3 is 11.5 Å². The van der Waals surface area contributed by atoms with E-state index >= 15 is 0 Å². The second-order valence-corrected chi connectivity index (χ2v) is 5.84. The molecule has 2 nitrogen and oxygen atoms in total. The average molecular weight is 282 g/mol. The monoisotopic (exact) mass is 282 g/mol. The molecule has 0 bridgehead atoms. The van der Waals surface area contributed by atoms with Crippen LogP contribution in [-0.2, 0) is 19.3 Å².